The number of benzene rings is 1. The predicted octanol–water partition coefficient (Wildman–Crippen LogP) is 2.47. The summed E-state index contributed by atoms with van der Waals surface area (Å²) < 4.78 is 0. The summed E-state index contributed by atoms with van der Waals surface area (Å²) in [6.07, 6.45) is 2.76. The monoisotopic (exact) mass is 374 g/mol. The number of amides is 2. The number of rotatable bonds is 8. The second kappa shape index (κ2) is 10.1. The first kappa shape index (κ1) is 20.9. The highest BCUT2D eigenvalue weighted by molar-refractivity contribution is 5.85. The van der Waals surface area contributed by atoms with E-state index in [-0.39, 0.29) is 23.7 Å². The number of carbonyl (C=O) groups is 3. The Morgan fingerprint density at radius 2 is 1.78 bits per heavy atom. The number of carbonyl (C=O) groups excluding carboxylic acids is 2. The number of piperidine rings is 1. The maximum atomic E-state index is 12.4. The quantitative estimate of drug-likeness (QED) is 0.732. The minimum Gasteiger partial charge on any atom is -0.480 e. The van der Waals surface area contributed by atoms with Gasteiger partial charge < -0.3 is 15.3 Å². The molecule has 6 heteroatoms. The minimum absolute atomic E-state index is 0.112. The predicted molar refractivity (Wildman–Crippen MR) is 103 cm³/mol. The van der Waals surface area contributed by atoms with E-state index >= 15 is 0 Å². The maximum absolute atomic E-state index is 12.4. The molecule has 6 nitrogen and oxygen atoms in total. The summed E-state index contributed by atoms with van der Waals surface area (Å²) in [5.74, 6) is -1.13. The molecule has 2 N–H and O–H groups in total. The van der Waals surface area contributed by atoms with Gasteiger partial charge >= 0.3 is 5.97 Å². The van der Waals surface area contributed by atoms with Crippen molar-refractivity contribution >= 4 is 17.8 Å². The van der Waals surface area contributed by atoms with Crippen molar-refractivity contribution in [1.82, 2.24) is 10.2 Å². The third-order valence-electron chi connectivity index (χ3n) is 5.01. The molecule has 1 atom stereocenters. The first-order chi connectivity index (χ1) is 12.9. The van der Waals surface area contributed by atoms with Gasteiger partial charge in [0.05, 0.1) is 0 Å². The third-order valence-corrected chi connectivity index (χ3v) is 5.01. The highest BCUT2D eigenvalue weighted by Crippen LogP contribution is 2.19. The molecule has 0 saturated carbocycles. The van der Waals surface area contributed by atoms with Gasteiger partial charge in [-0.15, -0.1) is 0 Å². The molecular formula is C21H30N2O4. The van der Waals surface area contributed by atoms with Crippen LogP contribution in [0.2, 0.25) is 0 Å². The van der Waals surface area contributed by atoms with Crippen molar-refractivity contribution in [2.24, 2.45) is 11.8 Å². The van der Waals surface area contributed by atoms with Crippen LogP contribution in [0, 0.1) is 11.8 Å². The van der Waals surface area contributed by atoms with Gasteiger partial charge in [-0.1, -0.05) is 44.2 Å². The molecule has 1 fully saturated rings. The van der Waals surface area contributed by atoms with Crippen molar-refractivity contribution in [2.45, 2.75) is 52.0 Å². The smallest absolute Gasteiger partial charge is 0.326 e. The summed E-state index contributed by atoms with van der Waals surface area (Å²) in [7, 11) is 0. The zero-order valence-electron chi connectivity index (χ0n) is 16.2. The van der Waals surface area contributed by atoms with Crippen molar-refractivity contribution in [1.29, 1.82) is 0 Å². The van der Waals surface area contributed by atoms with Gasteiger partial charge in [0, 0.05) is 25.4 Å². The van der Waals surface area contributed by atoms with E-state index in [1.807, 2.05) is 49.1 Å². The molecule has 0 spiro atoms. The van der Waals surface area contributed by atoms with E-state index in [0.717, 1.165) is 12.0 Å². The lowest BCUT2D eigenvalue weighted by Gasteiger charge is -2.32. The maximum Gasteiger partial charge on any atom is 0.326 e. The topological polar surface area (TPSA) is 86.7 Å². The van der Waals surface area contributed by atoms with Crippen LogP contribution in [0.25, 0.3) is 0 Å². The molecule has 1 aliphatic rings. The van der Waals surface area contributed by atoms with Crippen molar-refractivity contribution in [3.8, 4) is 0 Å². The van der Waals surface area contributed by atoms with Gasteiger partial charge in [0.2, 0.25) is 11.8 Å². The molecule has 1 aromatic rings. The van der Waals surface area contributed by atoms with Crippen LogP contribution in [0.15, 0.2) is 30.3 Å². The minimum atomic E-state index is -0.995. The normalized spacial score (nSPS) is 16.2. The molecule has 1 aliphatic heterocycles. The van der Waals surface area contributed by atoms with Gasteiger partial charge in [-0.2, -0.15) is 0 Å². The Bertz CT molecular complexity index is 637. The first-order valence-corrected chi connectivity index (χ1v) is 9.71. The van der Waals surface area contributed by atoms with Crippen molar-refractivity contribution in [3.05, 3.63) is 35.9 Å². The summed E-state index contributed by atoms with van der Waals surface area (Å²) in [5, 5.41) is 11.9. The van der Waals surface area contributed by atoms with Crippen LogP contribution in [0.3, 0.4) is 0 Å². The van der Waals surface area contributed by atoms with Crippen LogP contribution in [-0.2, 0) is 20.8 Å². The molecule has 1 saturated heterocycles. The number of aliphatic carboxylic acids is 1. The second-order valence-electron chi connectivity index (χ2n) is 7.67. The fraction of sp³-hybridized carbons (Fsp3) is 0.571. The number of nitrogens with zero attached hydrogens (tertiary/aromatic N) is 1. The number of carboxylic acid groups (broad SMARTS) is 1. The van der Waals surface area contributed by atoms with Gasteiger partial charge in [-0.25, -0.2) is 4.79 Å². The van der Waals surface area contributed by atoms with Crippen LogP contribution in [-0.4, -0.2) is 46.9 Å². The Hall–Kier alpha value is -2.37. The fourth-order valence-electron chi connectivity index (χ4n) is 3.43. The number of hydrogen-bond acceptors (Lipinski definition) is 3. The van der Waals surface area contributed by atoms with E-state index in [1.54, 1.807) is 0 Å². The highest BCUT2D eigenvalue weighted by atomic mass is 16.4. The molecule has 0 aromatic heterocycles. The van der Waals surface area contributed by atoms with Crippen LogP contribution in [0.5, 0.6) is 0 Å². The van der Waals surface area contributed by atoms with E-state index < -0.39 is 12.0 Å². The van der Waals surface area contributed by atoms with E-state index in [4.69, 9.17) is 0 Å². The molecule has 148 valence electrons. The molecule has 27 heavy (non-hydrogen) atoms. The van der Waals surface area contributed by atoms with Gasteiger partial charge in [0.15, 0.2) is 0 Å². The Kier molecular flexibility index (Phi) is 7.82. The highest BCUT2D eigenvalue weighted by Gasteiger charge is 2.30. The largest absolute Gasteiger partial charge is 0.480 e. The van der Waals surface area contributed by atoms with E-state index in [1.165, 1.54) is 0 Å². The Morgan fingerprint density at radius 3 is 2.33 bits per heavy atom. The lowest BCUT2D eigenvalue weighted by molar-refractivity contribution is -0.143. The van der Waals surface area contributed by atoms with Gasteiger partial charge in [0.25, 0.3) is 0 Å². The lowest BCUT2D eigenvalue weighted by atomic mass is 9.94. The number of carboxylic acids is 1. The third kappa shape index (κ3) is 6.70. The van der Waals surface area contributed by atoms with Crippen molar-refractivity contribution < 1.29 is 19.5 Å². The van der Waals surface area contributed by atoms with Gasteiger partial charge in [0.1, 0.15) is 6.04 Å². The van der Waals surface area contributed by atoms with Crippen molar-refractivity contribution in [2.75, 3.05) is 13.1 Å². The van der Waals surface area contributed by atoms with Crippen LogP contribution in [0.4, 0.5) is 0 Å². The second-order valence-corrected chi connectivity index (χ2v) is 7.67. The lowest BCUT2D eigenvalue weighted by Crippen LogP contribution is -2.47. The Labute approximate surface area is 160 Å². The molecule has 2 amide bonds. The van der Waals surface area contributed by atoms with Crippen molar-refractivity contribution in [3.63, 3.8) is 0 Å². The standard InChI is InChI=1S/C21H30N2O4/c1-15(2)14-18(21(26)27)22-20(25)17-10-12-23(13-11-17)19(24)9-8-16-6-4-3-5-7-16/h3-7,15,17-18H,8-14H2,1-2H3,(H,22,25)(H,26,27)/t18-/m0/s1. The fourth-order valence-corrected chi connectivity index (χ4v) is 3.43. The number of aryl methyl sites for hydroxylation is 1. The molecule has 0 radical (unpaired) electrons. The number of hydrogen-bond donors (Lipinski definition) is 2. The zero-order valence-corrected chi connectivity index (χ0v) is 16.2. The van der Waals surface area contributed by atoms with Gasteiger partial charge in [-0.3, -0.25) is 9.59 Å². The summed E-state index contributed by atoms with van der Waals surface area (Å²) in [6, 6.07) is 9.07. The van der Waals surface area contributed by atoms with Crippen LogP contribution < -0.4 is 5.32 Å². The molecule has 0 unspecified atom stereocenters. The molecule has 0 aliphatic carbocycles. The molecule has 1 aromatic carbocycles. The first-order valence-electron chi connectivity index (χ1n) is 9.71. The Balaban J connectivity index is 1.77. The average molecular weight is 374 g/mol. The SMILES string of the molecule is CC(C)C[C@H](NC(=O)C1CCN(C(=O)CCc2ccccc2)CC1)C(=O)O. The van der Waals surface area contributed by atoms with Crippen LogP contribution >= 0.6 is 0 Å². The number of likely N-dealkylation sites (tertiary alicyclic amines) is 1. The van der Waals surface area contributed by atoms with Crippen LogP contribution in [0.1, 0.15) is 45.1 Å². The van der Waals surface area contributed by atoms with E-state index in [0.29, 0.717) is 38.8 Å². The summed E-state index contributed by atoms with van der Waals surface area (Å²) in [4.78, 5) is 37.9. The van der Waals surface area contributed by atoms with Gasteiger partial charge in [-0.05, 0) is 37.2 Å². The Morgan fingerprint density at radius 1 is 1.15 bits per heavy atom. The number of nitrogens with one attached hydrogen (secondary N) is 1. The molecule has 1 heterocycles. The molecule has 2 rings (SSSR count). The van der Waals surface area contributed by atoms with E-state index in [2.05, 4.69) is 5.32 Å². The summed E-state index contributed by atoms with van der Waals surface area (Å²) in [6.45, 7) is 4.96. The zero-order chi connectivity index (χ0) is 19.8. The summed E-state index contributed by atoms with van der Waals surface area (Å²) >= 11 is 0. The molecular weight excluding hydrogens is 344 g/mol. The summed E-state index contributed by atoms with van der Waals surface area (Å²) in [5.41, 5.74) is 1.14. The van der Waals surface area contributed by atoms with E-state index in [9.17, 15) is 19.5 Å². The average Bonchev–Trinajstić information content (AvgIpc) is 2.66. The molecule has 0 bridgehead atoms.